The van der Waals surface area contributed by atoms with Crippen LogP contribution in [0.3, 0.4) is 0 Å². The number of nitrogens with zero attached hydrogens (tertiary/aromatic N) is 2. The standard InChI is InChI=1S/C34H38F4N3O6P.2Na/c1-21-12-17-26(19-28(21)34(36,37)38)41(20-47-48(44,45)46)32(42)27-10-6-18-40(33(43)30-22(2)7-5-11-29(30)35)31(27)23-13-15-25(16-14-23)39-24-8-3-4-9-24;;/h5,7,11-17,19,24,27,31,39H,3-4,6,8-10,18,20H2,1-2H3,(H2,44,45,46);;/q;2*+1/p-2/t27-,31-;;/m0../s1. The van der Waals surface area contributed by atoms with Gasteiger partial charge in [-0.2, -0.15) is 13.2 Å². The molecule has 3 aromatic carbocycles. The number of hydrogen-bond acceptors (Lipinski definition) is 7. The van der Waals surface area contributed by atoms with Crippen LogP contribution in [0, 0.1) is 25.6 Å². The molecule has 2 fully saturated rings. The Morgan fingerprint density at radius 2 is 1.62 bits per heavy atom. The number of benzene rings is 3. The molecule has 1 aliphatic carbocycles. The molecule has 2 aliphatic rings. The fourth-order valence-electron chi connectivity index (χ4n) is 6.70. The topological polar surface area (TPSA) is 125 Å². The molecule has 1 saturated carbocycles. The van der Waals surface area contributed by atoms with E-state index in [1.807, 2.05) is 12.1 Å². The number of alkyl halides is 3. The number of halogens is 4. The number of amides is 2. The van der Waals surface area contributed by atoms with E-state index in [2.05, 4.69) is 9.84 Å². The Kier molecular flexibility index (Phi) is 15.2. The van der Waals surface area contributed by atoms with Crippen molar-refractivity contribution in [1.29, 1.82) is 0 Å². The van der Waals surface area contributed by atoms with Gasteiger partial charge in [-0.1, -0.05) is 43.2 Å². The van der Waals surface area contributed by atoms with Gasteiger partial charge < -0.3 is 29.1 Å². The van der Waals surface area contributed by atoms with Gasteiger partial charge in [0, 0.05) is 24.0 Å². The zero-order chi connectivity index (χ0) is 34.8. The SMILES string of the molecule is Cc1ccc(N(COP(=O)([O-])[O-])C(=O)[C@H]2CCCN(C(=O)c3c(C)cccc3F)[C@H]2c2ccc(NC3CCCC3)cc2)cc1C(F)(F)F.[Na+].[Na+]. The maximum atomic E-state index is 15.1. The molecule has 0 radical (unpaired) electrons. The third-order valence-electron chi connectivity index (χ3n) is 9.07. The summed E-state index contributed by atoms with van der Waals surface area (Å²) >= 11 is 0. The Morgan fingerprint density at radius 3 is 2.22 bits per heavy atom. The number of carbonyl (C=O) groups is 2. The normalized spacial score (nSPS) is 18.2. The summed E-state index contributed by atoms with van der Waals surface area (Å²) < 4.78 is 72.6. The average molecular weight is 736 g/mol. The third kappa shape index (κ3) is 10.2. The van der Waals surface area contributed by atoms with E-state index in [0.29, 0.717) is 28.1 Å². The molecule has 16 heteroatoms. The number of nitrogens with one attached hydrogen (secondary N) is 1. The average Bonchev–Trinajstić information content (AvgIpc) is 3.53. The number of rotatable bonds is 9. The molecule has 0 aromatic heterocycles. The van der Waals surface area contributed by atoms with Gasteiger partial charge in [-0.3, -0.25) is 14.5 Å². The van der Waals surface area contributed by atoms with E-state index in [4.69, 9.17) is 0 Å². The van der Waals surface area contributed by atoms with Gasteiger partial charge >= 0.3 is 65.3 Å². The summed E-state index contributed by atoms with van der Waals surface area (Å²) in [4.78, 5) is 53.5. The first kappa shape index (κ1) is 42.6. The number of anilines is 2. The summed E-state index contributed by atoms with van der Waals surface area (Å²) in [6.45, 7) is 1.77. The molecule has 0 unspecified atom stereocenters. The first-order valence-electron chi connectivity index (χ1n) is 15.7. The van der Waals surface area contributed by atoms with Gasteiger partial charge in [-0.25, -0.2) is 4.39 Å². The van der Waals surface area contributed by atoms with Crippen LogP contribution < -0.4 is 79.1 Å². The summed E-state index contributed by atoms with van der Waals surface area (Å²) in [5, 5.41) is 3.47. The van der Waals surface area contributed by atoms with Crippen molar-refractivity contribution in [3.05, 3.63) is 94.3 Å². The minimum atomic E-state index is -5.67. The second-order valence-corrected chi connectivity index (χ2v) is 13.5. The Labute approximate surface area is 333 Å². The van der Waals surface area contributed by atoms with Gasteiger partial charge in [0.1, 0.15) is 12.5 Å². The Hall–Kier alpha value is -1.77. The van der Waals surface area contributed by atoms with E-state index in [1.165, 1.54) is 24.0 Å². The smallest absolute Gasteiger partial charge is 0.790 e. The molecule has 258 valence electrons. The van der Waals surface area contributed by atoms with Gasteiger partial charge in [0.25, 0.3) is 5.91 Å². The van der Waals surface area contributed by atoms with E-state index in [1.54, 1.807) is 25.1 Å². The quantitative estimate of drug-likeness (QED) is 0.145. The first-order valence-corrected chi connectivity index (χ1v) is 17.2. The van der Waals surface area contributed by atoms with Crippen molar-refractivity contribution in [3.63, 3.8) is 0 Å². The van der Waals surface area contributed by atoms with Gasteiger partial charge in [0.05, 0.1) is 30.9 Å². The Morgan fingerprint density at radius 1 is 0.960 bits per heavy atom. The number of hydrogen-bond donors (Lipinski definition) is 1. The predicted molar refractivity (Wildman–Crippen MR) is 167 cm³/mol. The summed E-state index contributed by atoms with van der Waals surface area (Å²) in [5.41, 5.74) is -0.0368. The van der Waals surface area contributed by atoms with E-state index in [9.17, 15) is 37.1 Å². The molecule has 1 aliphatic heterocycles. The van der Waals surface area contributed by atoms with Crippen molar-refractivity contribution in [2.75, 3.05) is 23.5 Å². The molecule has 1 saturated heterocycles. The number of carbonyl (C=O) groups excluding carboxylic acids is 2. The van der Waals surface area contributed by atoms with Crippen molar-refractivity contribution in [2.24, 2.45) is 5.92 Å². The third-order valence-corrected chi connectivity index (χ3v) is 9.50. The van der Waals surface area contributed by atoms with Crippen LogP contribution in [-0.2, 0) is 20.1 Å². The molecular formula is C34H36F4N3Na2O6P. The number of phosphoric acid groups is 1. The summed E-state index contributed by atoms with van der Waals surface area (Å²) in [7, 11) is -5.67. The van der Waals surface area contributed by atoms with E-state index >= 15 is 4.39 Å². The molecule has 3 aromatic rings. The number of piperidine rings is 1. The summed E-state index contributed by atoms with van der Waals surface area (Å²) in [6, 6.07) is 13.6. The van der Waals surface area contributed by atoms with Crippen molar-refractivity contribution in [3.8, 4) is 0 Å². The van der Waals surface area contributed by atoms with Crippen LogP contribution in [0.5, 0.6) is 0 Å². The van der Waals surface area contributed by atoms with E-state index in [-0.39, 0.29) is 95.3 Å². The van der Waals surface area contributed by atoms with Crippen molar-refractivity contribution < 1.29 is 105 Å². The van der Waals surface area contributed by atoms with Crippen LogP contribution in [0.15, 0.2) is 60.7 Å². The molecule has 2 amide bonds. The largest absolute Gasteiger partial charge is 1.00 e. The van der Waals surface area contributed by atoms with Crippen molar-refractivity contribution in [2.45, 2.75) is 70.6 Å². The van der Waals surface area contributed by atoms with Gasteiger partial charge in [0.2, 0.25) is 5.91 Å². The maximum absolute atomic E-state index is 15.1. The minimum absolute atomic E-state index is 0. The minimum Gasteiger partial charge on any atom is -0.790 e. The Balaban J connectivity index is 0.00000338. The molecule has 5 rings (SSSR count). The fourth-order valence-corrected chi connectivity index (χ4v) is 6.96. The number of likely N-dealkylation sites (tertiary alicyclic amines) is 1. The first-order chi connectivity index (χ1) is 22.6. The zero-order valence-corrected chi connectivity index (χ0v) is 33.4. The predicted octanol–water partition coefficient (Wildman–Crippen LogP) is 0.253. The van der Waals surface area contributed by atoms with Crippen LogP contribution in [0.4, 0.5) is 28.9 Å². The monoisotopic (exact) mass is 735 g/mol. The molecule has 50 heavy (non-hydrogen) atoms. The van der Waals surface area contributed by atoms with Crippen LogP contribution in [0.2, 0.25) is 0 Å². The summed E-state index contributed by atoms with van der Waals surface area (Å²) in [6.07, 6.45) is -0.0971. The fraction of sp³-hybridized carbons (Fsp3) is 0.412. The maximum Gasteiger partial charge on any atom is 1.00 e. The van der Waals surface area contributed by atoms with E-state index < -0.39 is 55.9 Å². The molecule has 9 nitrogen and oxygen atoms in total. The molecule has 0 spiro atoms. The van der Waals surface area contributed by atoms with Crippen LogP contribution in [0.1, 0.15) is 77.2 Å². The van der Waals surface area contributed by atoms with Crippen LogP contribution in [-0.4, -0.2) is 36.0 Å². The van der Waals surface area contributed by atoms with Crippen LogP contribution >= 0.6 is 7.82 Å². The van der Waals surface area contributed by atoms with Crippen LogP contribution in [0.25, 0.3) is 0 Å². The van der Waals surface area contributed by atoms with Crippen molar-refractivity contribution >= 4 is 31.0 Å². The summed E-state index contributed by atoms with van der Waals surface area (Å²) in [5.74, 6) is -3.44. The molecule has 0 bridgehead atoms. The second-order valence-electron chi connectivity index (χ2n) is 12.3. The van der Waals surface area contributed by atoms with Gasteiger partial charge in [0.15, 0.2) is 0 Å². The van der Waals surface area contributed by atoms with Gasteiger partial charge in [-0.15, -0.1) is 0 Å². The van der Waals surface area contributed by atoms with Crippen molar-refractivity contribution in [1.82, 2.24) is 4.90 Å². The number of phosphoric ester groups is 1. The number of aryl methyl sites for hydroxylation is 2. The second kappa shape index (κ2) is 17.8. The molecule has 2 atom stereocenters. The zero-order valence-electron chi connectivity index (χ0n) is 28.5. The molecule has 1 heterocycles. The Bertz CT molecular complexity index is 1680. The molecular weight excluding hydrogens is 699 g/mol. The molecule has 1 N–H and O–H groups in total. The van der Waals surface area contributed by atoms with Gasteiger partial charge in [-0.05, 0) is 86.6 Å². The van der Waals surface area contributed by atoms with E-state index in [0.717, 1.165) is 43.5 Å².